The Labute approximate surface area is 122 Å². The molecule has 2 N–H and O–H groups in total. The molecule has 0 saturated carbocycles. The van der Waals surface area contributed by atoms with E-state index in [0.717, 1.165) is 5.56 Å². The van der Waals surface area contributed by atoms with Crippen molar-refractivity contribution in [2.45, 2.75) is 6.42 Å². The molecule has 0 saturated heterocycles. The molecular weight excluding hydrogens is 273 g/mol. The van der Waals surface area contributed by atoms with E-state index in [0.29, 0.717) is 24.4 Å². The predicted molar refractivity (Wildman–Crippen MR) is 78.5 cm³/mol. The molecule has 0 spiro atoms. The van der Waals surface area contributed by atoms with Crippen molar-refractivity contribution >= 4 is 11.7 Å². The lowest BCUT2D eigenvalue weighted by molar-refractivity contribution is 0.0698. The minimum atomic E-state index is -1.01. The van der Waals surface area contributed by atoms with E-state index < -0.39 is 5.97 Å². The highest BCUT2D eigenvalue weighted by molar-refractivity contribution is 5.94. The molecule has 0 aliphatic heterocycles. The van der Waals surface area contributed by atoms with E-state index in [9.17, 15) is 9.18 Å². The summed E-state index contributed by atoms with van der Waals surface area (Å²) in [6, 6.07) is 11.1. The van der Waals surface area contributed by atoms with Crippen LogP contribution in [-0.4, -0.2) is 24.7 Å². The smallest absolute Gasteiger partial charge is 0.337 e. The fourth-order valence-electron chi connectivity index (χ4n) is 2.02. The number of anilines is 1. The summed E-state index contributed by atoms with van der Waals surface area (Å²) in [5.74, 6) is -0.709. The maximum absolute atomic E-state index is 13.1. The Morgan fingerprint density at radius 3 is 2.76 bits per heavy atom. The van der Waals surface area contributed by atoms with Crippen molar-refractivity contribution in [2.24, 2.45) is 0 Å². The minimum absolute atomic E-state index is 0.176. The first-order chi connectivity index (χ1) is 10.1. The molecule has 0 heterocycles. The molecule has 110 valence electrons. The van der Waals surface area contributed by atoms with Crippen molar-refractivity contribution in [1.29, 1.82) is 0 Å². The lowest BCUT2D eigenvalue weighted by atomic mass is 10.1. The van der Waals surface area contributed by atoms with Gasteiger partial charge in [-0.1, -0.05) is 12.1 Å². The quantitative estimate of drug-likeness (QED) is 0.857. The van der Waals surface area contributed by atoms with Gasteiger partial charge in [0.1, 0.15) is 11.6 Å². The van der Waals surface area contributed by atoms with Crippen molar-refractivity contribution in [1.82, 2.24) is 0 Å². The van der Waals surface area contributed by atoms with Gasteiger partial charge in [-0.3, -0.25) is 0 Å². The first-order valence-corrected chi connectivity index (χ1v) is 6.50. The highest BCUT2D eigenvalue weighted by Crippen LogP contribution is 2.22. The highest BCUT2D eigenvalue weighted by atomic mass is 19.1. The van der Waals surface area contributed by atoms with Gasteiger partial charge in [-0.25, -0.2) is 9.18 Å². The van der Waals surface area contributed by atoms with Gasteiger partial charge in [0.2, 0.25) is 0 Å². The van der Waals surface area contributed by atoms with Gasteiger partial charge in [0.15, 0.2) is 0 Å². The van der Waals surface area contributed by atoms with Crippen LogP contribution in [0.4, 0.5) is 10.1 Å². The van der Waals surface area contributed by atoms with E-state index in [1.807, 2.05) is 6.07 Å². The van der Waals surface area contributed by atoms with Crippen LogP contribution in [0.25, 0.3) is 0 Å². The molecule has 5 heteroatoms. The summed E-state index contributed by atoms with van der Waals surface area (Å²) in [5.41, 5.74) is 1.51. The maximum atomic E-state index is 13.1. The number of hydrogen-bond donors (Lipinski definition) is 2. The number of carbonyl (C=O) groups is 1. The van der Waals surface area contributed by atoms with Crippen molar-refractivity contribution < 1.29 is 19.0 Å². The van der Waals surface area contributed by atoms with E-state index in [-0.39, 0.29) is 11.4 Å². The molecule has 2 aromatic carbocycles. The van der Waals surface area contributed by atoms with E-state index in [1.165, 1.54) is 25.3 Å². The average Bonchev–Trinajstić information content (AvgIpc) is 2.47. The molecule has 0 unspecified atom stereocenters. The van der Waals surface area contributed by atoms with E-state index >= 15 is 0 Å². The fraction of sp³-hybridized carbons (Fsp3) is 0.188. The van der Waals surface area contributed by atoms with Gasteiger partial charge in [0.25, 0.3) is 0 Å². The van der Waals surface area contributed by atoms with Gasteiger partial charge in [-0.05, 0) is 36.2 Å². The summed E-state index contributed by atoms with van der Waals surface area (Å²) in [6.45, 7) is 0.497. The summed E-state index contributed by atoms with van der Waals surface area (Å²) in [7, 11) is 1.52. The number of carboxylic acids is 1. The number of carboxylic acid groups (broad SMARTS) is 1. The van der Waals surface area contributed by atoms with Crippen LogP contribution in [0.5, 0.6) is 5.75 Å². The monoisotopic (exact) mass is 289 g/mol. The number of benzene rings is 2. The first kappa shape index (κ1) is 14.8. The van der Waals surface area contributed by atoms with Crippen LogP contribution in [0.2, 0.25) is 0 Å². The first-order valence-electron chi connectivity index (χ1n) is 6.50. The molecule has 0 aliphatic rings. The Morgan fingerprint density at radius 1 is 1.29 bits per heavy atom. The van der Waals surface area contributed by atoms with Crippen molar-refractivity contribution in [3.05, 3.63) is 59.4 Å². The zero-order valence-corrected chi connectivity index (χ0v) is 11.6. The van der Waals surface area contributed by atoms with Gasteiger partial charge >= 0.3 is 5.97 Å². The molecule has 2 rings (SSSR count). The van der Waals surface area contributed by atoms with Gasteiger partial charge in [0, 0.05) is 12.6 Å². The topological polar surface area (TPSA) is 58.6 Å². The summed E-state index contributed by atoms with van der Waals surface area (Å²) in [4.78, 5) is 11.2. The van der Waals surface area contributed by atoms with Gasteiger partial charge in [-0.2, -0.15) is 0 Å². The Balaban J connectivity index is 2.06. The maximum Gasteiger partial charge on any atom is 0.337 e. The fourth-order valence-corrected chi connectivity index (χ4v) is 2.02. The number of halogens is 1. The highest BCUT2D eigenvalue weighted by Gasteiger charge is 2.10. The third kappa shape index (κ3) is 3.95. The third-order valence-corrected chi connectivity index (χ3v) is 3.08. The molecule has 0 fully saturated rings. The number of methoxy groups -OCH3 is 1. The largest absolute Gasteiger partial charge is 0.497 e. The van der Waals surface area contributed by atoms with Crippen LogP contribution in [0.15, 0.2) is 42.5 Å². The van der Waals surface area contributed by atoms with Crippen molar-refractivity contribution in [3.63, 3.8) is 0 Å². The van der Waals surface area contributed by atoms with Crippen LogP contribution in [0.1, 0.15) is 15.9 Å². The molecule has 21 heavy (non-hydrogen) atoms. The lowest BCUT2D eigenvalue weighted by Gasteiger charge is -2.11. The molecule has 0 aliphatic carbocycles. The van der Waals surface area contributed by atoms with Crippen molar-refractivity contribution in [2.75, 3.05) is 19.0 Å². The zero-order valence-electron chi connectivity index (χ0n) is 11.6. The van der Waals surface area contributed by atoms with Crippen LogP contribution in [0, 0.1) is 5.82 Å². The number of rotatable bonds is 6. The summed E-state index contributed by atoms with van der Waals surface area (Å²) < 4.78 is 18.2. The molecule has 0 atom stereocenters. The van der Waals surface area contributed by atoms with E-state index in [1.54, 1.807) is 18.2 Å². The average molecular weight is 289 g/mol. The van der Waals surface area contributed by atoms with Gasteiger partial charge in [0.05, 0.1) is 18.4 Å². The molecular formula is C16H16FNO3. The Kier molecular flexibility index (Phi) is 4.77. The molecule has 4 nitrogen and oxygen atoms in total. The second-order valence-electron chi connectivity index (χ2n) is 4.52. The zero-order chi connectivity index (χ0) is 15.2. The van der Waals surface area contributed by atoms with Crippen LogP contribution in [-0.2, 0) is 6.42 Å². The summed E-state index contributed by atoms with van der Waals surface area (Å²) >= 11 is 0. The lowest BCUT2D eigenvalue weighted by Crippen LogP contribution is -2.09. The predicted octanol–water partition coefficient (Wildman–Crippen LogP) is 3.19. The Bertz CT molecular complexity index is 643. The Hall–Kier alpha value is -2.56. The second-order valence-corrected chi connectivity index (χ2v) is 4.52. The third-order valence-electron chi connectivity index (χ3n) is 3.08. The molecule has 2 aromatic rings. The summed E-state index contributed by atoms with van der Waals surface area (Å²) in [6.07, 6.45) is 0.591. The minimum Gasteiger partial charge on any atom is -0.497 e. The number of aromatic carboxylic acids is 1. The standard InChI is InChI=1S/C16H16FNO3/c1-21-13-5-6-14(16(19)20)15(10-13)18-8-7-11-3-2-4-12(17)9-11/h2-6,9-10,18H,7-8H2,1H3,(H,19,20). The van der Waals surface area contributed by atoms with Gasteiger partial charge in [-0.15, -0.1) is 0 Å². The molecule has 0 radical (unpaired) electrons. The molecule has 0 amide bonds. The number of ether oxygens (including phenoxy) is 1. The van der Waals surface area contributed by atoms with Crippen LogP contribution < -0.4 is 10.1 Å². The second kappa shape index (κ2) is 6.74. The Morgan fingerprint density at radius 2 is 2.10 bits per heavy atom. The molecule has 0 aromatic heterocycles. The van der Waals surface area contributed by atoms with Gasteiger partial charge < -0.3 is 15.2 Å². The summed E-state index contributed by atoms with van der Waals surface area (Å²) in [5, 5.41) is 12.2. The SMILES string of the molecule is COc1ccc(C(=O)O)c(NCCc2cccc(F)c2)c1. The van der Waals surface area contributed by atoms with E-state index in [2.05, 4.69) is 5.32 Å². The number of nitrogens with one attached hydrogen (secondary N) is 1. The van der Waals surface area contributed by atoms with E-state index in [4.69, 9.17) is 9.84 Å². The van der Waals surface area contributed by atoms with Crippen LogP contribution in [0.3, 0.4) is 0 Å². The van der Waals surface area contributed by atoms with Crippen LogP contribution >= 0.6 is 0 Å². The normalized spacial score (nSPS) is 10.2. The van der Waals surface area contributed by atoms with Crippen molar-refractivity contribution in [3.8, 4) is 5.75 Å². The molecule has 0 bridgehead atoms. The number of hydrogen-bond acceptors (Lipinski definition) is 3.